The lowest BCUT2D eigenvalue weighted by Crippen LogP contribution is -2.35. The molecule has 1 aliphatic heterocycles. The first-order valence-corrected chi connectivity index (χ1v) is 7.89. The Kier molecular flexibility index (Phi) is 4.58. The van der Waals surface area contributed by atoms with Crippen LogP contribution in [0.1, 0.15) is 31.0 Å². The van der Waals surface area contributed by atoms with E-state index in [2.05, 4.69) is 32.5 Å². The molecule has 2 aromatic heterocycles. The molecular weight excluding hydrogens is 276 g/mol. The number of nitrogens with one attached hydrogen (secondary N) is 2. The van der Waals surface area contributed by atoms with Crippen LogP contribution >= 0.6 is 0 Å². The van der Waals surface area contributed by atoms with Gasteiger partial charge in [0.1, 0.15) is 11.5 Å². The van der Waals surface area contributed by atoms with Gasteiger partial charge >= 0.3 is 0 Å². The van der Waals surface area contributed by atoms with E-state index in [4.69, 9.17) is 4.98 Å². The number of hydrogen-bond acceptors (Lipinski definition) is 6. The van der Waals surface area contributed by atoms with Crippen molar-refractivity contribution in [3.63, 3.8) is 0 Å². The van der Waals surface area contributed by atoms with E-state index in [9.17, 15) is 0 Å². The van der Waals surface area contributed by atoms with Crippen LogP contribution in [0.25, 0.3) is 11.5 Å². The Balaban J connectivity index is 1.94. The summed E-state index contributed by atoms with van der Waals surface area (Å²) in [6.07, 6.45) is 8.18. The molecule has 1 saturated heterocycles. The molecule has 2 aromatic rings. The summed E-state index contributed by atoms with van der Waals surface area (Å²) in [5, 5.41) is 7.00. The molecule has 0 atom stereocenters. The highest BCUT2D eigenvalue weighted by Crippen LogP contribution is 2.23. The lowest BCUT2D eigenvalue weighted by Gasteiger charge is -2.25. The van der Waals surface area contributed by atoms with Crippen LogP contribution < -0.4 is 10.6 Å². The van der Waals surface area contributed by atoms with Crippen LogP contribution in [0.15, 0.2) is 18.6 Å². The molecule has 0 aromatic carbocycles. The van der Waals surface area contributed by atoms with Gasteiger partial charge in [-0.1, -0.05) is 6.92 Å². The number of hydrogen-bond donors (Lipinski definition) is 2. The van der Waals surface area contributed by atoms with Gasteiger partial charge < -0.3 is 10.6 Å². The smallest absolute Gasteiger partial charge is 0.182 e. The molecule has 0 radical (unpaired) electrons. The number of rotatable bonds is 4. The van der Waals surface area contributed by atoms with Gasteiger partial charge in [-0.3, -0.25) is 4.98 Å². The third-order valence-electron chi connectivity index (χ3n) is 4.04. The number of anilines is 1. The third-order valence-corrected chi connectivity index (χ3v) is 4.04. The van der Waals surface area contributed by atoms with E-state index < -0.39 is 0 Å². The summed E-state index contributed by atoms with van der Waals surface area (Å²) in [4.78, 5) is 17.7. The molecule has 116 valence electrons. The van der Waals surface area contributed by atoms with Crippen LogP contribution in [0, 0.1) is 6.92 Å². The SMILES string of the molecule is CCc1c(C)nc(-c2cnccn2)nc1NC1CCNCC1. The second kappa shape index (κ2) is 6.79. The molecule has 1 fully saturated rings. The van der Waals surface area contributed by atoms with Crippen molar-refractivity contribution >= 4 is 5.82 Å². The Morgan fingerprint density at radius 1 is 1.23 bits per heavy atom. The highest BCUT2D eigenvalue weighted by molar-refractivity contribution is 5.56. The van der Waals surface area contributed by atoms with Crippen molar-refractivity contribution in [2.24, 2.45) is 0 Å². The molecule has 0 saturated carbocycles. The second-order valence-corrected chi connectivity index (χ2v) is 5.57. The fraction of sp³-hybridized carbons (Fsp3) is 0.500. The van der Waals surface area contributed by atoms with Gasteiger partial charge in [0.05, 0.1) is 6.20 Å². The Morgan fingerprint density at radius 3 is 2.73 bits per heavy atom. The molecule has 2 N–H and O–H groups in total. The minimum Gasteiger partial charge on any atom is -0.367 e. The van der Waals surface area contributed by atoms with Crippen LogP contribution in [0.4, 0.5) is 5.82 Å². The van der Waals surface area contributed by atoms with Crippen molar-refractivity contribution in [3.05, 3.63) is 29.8 Å². The molecular formula is C16H22N6. The van der Waals surface area contributed by atoms with Crippen molar-refractivity contribution in [2.45, 2.75) is 39.2 Å². The van der Waals surface area contributed by atoms with Gasteiger partial charge in [0.15, 0.2) is 5.82 Å². The van der Waals surface area contributed by atoms with Crippen LogP contribution in [0.2, 0.25) is 0 Å². The average molecular weight is 298 g/mol. The number of aryl methyl sites for hydroxylation is 1. The summed E-state index contributed by atoms with van der Waals surface area (Å²) in [7, 11) is 0. The highest BCUT2D eigenvalue weighted by Gasteiger charge is 2.17. The first-order valence-electron chi connectivity index (χ1n) is 7.89. The van der Waals surface area contributed by atoms with Crippen LogP contribution in [0.3, 0.4) is 0 Å². The topological polar surface area (TPSA) is 75.6 Å². The summed E-state index contributed by atoms with van der Waals surface area (Å²) in [6.45, 7) is 6.29. The maximum Gasteiger partial charge on any atom is 0.182 e. The average Bonchev–Trinajstić information content (AvgIpc) is 2.56. The van der Waals surface area contributed by atoms with Gasteiger partial charge in [-0.2, -0.15) is 0 Å². The quantitative estimate of drug-likeness (QED) is 0.899. The van der Waals surface area contributed by atoms with E-state index >= 15 is 0 Å². The largest absolute Gasteiger partial charge is 0.367 e. The van der Waals surface area contributed by atoms with Crippen molar-refractivity contribution in [1.29, 1.82) is 0 Å². The third kappa shape index (κ3) is 3.22. The van der Waals surface area contributed by atoms with Crippen molar-refractivity contribution in [3.8, 4) is 11.5 Å². The summed E-state index contributed by atoms with van der Waals surface area (Å²) in [5.41, 5.74) is 2.90. The zero-order valence-electron chi connectivity index (χ0n) is 13.1. The van der Waals surface area contributed by atoms with Crippen molar-refractivity contribution < 1.29 is 0 Å². The molecule has 22 heavy (non-hydrogen) atoms. The van der Waals surface area contributed by atoms with Gasteiger partial charge in [0.25, 0.3) is 0 Å². The minimum absolute atomic E-state index is 0.468. The summed E-state index contributed by atoms with van der Waals surface area (Å²) >= 11 is 0. The van der Waals surface area contributed by atoms with Crippen molar-refractivity contribution in [1.82, 2.24) is 25.3 Å². The number of aromatic nitrogens is 4. The summed E-state index contributed by atoms with van der Waals surface area (Å²) in [6, 6.07) is 0.468. The molecule has 3 rings (SSSR count). The number of piperidine rings is 1. The van der Waals surface area contributed by atoms with E-state index in [-0.39, 0.29) is 0 Å². The van der Waals surface area contributed by atoms with Gasteiger partial charge in [-0.05, 0) is 39.3 Å². The predicted molar refractivity (Wildman–Crippen MR) is 86.7 cm³/mol. The molecule has 1 aliphatic rings. The van der Waals surface area contributed by atoms with Crippen LogP contribution in [0.5, 0.6) is 0 Å². The monoisotopic (exact) mass is 298 g/mol. The Morgan fingerprint density at radius 2 is 2.05 bits per heavy atom. The molecule has 6 nitrogen and oxygen atoms in total. The number of nitrogens with zero attached hydrogens (tertiary/aromatic N) is 4. The highest BCUT2D eigenvalue weighted by atomic mass is 15.1. The van der Waals surface area contributed by atoms with E-state index in [1.165, 1.54) is 5.56 Å². The summed E-state index contributed by atoms with van der Waals surface area (Å²) in [5.74, 6) is 1.58. The van der Waals surface area contributed by atoms with E-state index in [1.807, 2.05) is 6.92 Å². The van der Waals surface area contributed by atoms with E-state index in [0.29, 0.717) is 17.6 Å². The Bertz CT molecular complexity index is 622. The first-order chi connectivity index (χ1) is 10.8. The minimum atomic E-state index is 0.468. The molecule has 0 bridgehead atoms. The van der Waals surface area contributed by atoms with Crippen LogP contribution in [-0.4, -0.2) is 39.1 Å². The van der Waals surface area contributed by atoms with Gasteiger partial charge in [-0.15, -0.1) is 0 Å². The Hall–Kier alpha value is -2.08. The maximum atomic E-state index is 4.72. The zero-order chi connectivity index (χ0) is 15.4. The lowest BCUT2D eigenvalue weighted by atomic mass is 10.1. The fourth-order valence-corrected chi connectivity index (χ4v) is 2.83. The Labute approximate surface area is 130 Å². The molecule has 0 spiro atoms. The van der Waals surface area contributed by atoms with Gasteiger partial charge in [0, 0.05) is 29.7 Å². The lowest BCUT2D eigenvalue weighted by molar-refractivity contribution is 0.478. The van der Waals surface area contributed by atoms with Crippen molar-refractivity contribution in [2.75, 3.05) is 18.4 Å². The predicted octanol–water partition coefficient (Wildman–Crippen LogP) is 1.97. The summed E-state index contributed by atoms with van der Waals surface area (Å²) < 4.78 is 0. The van der Waals surface area contributed by atoms with Gasteiger partial charge in [0.2, 0.25) is 0 Å². The zero-order valence-corrected chi connectivity index (χ0v) is 13.1. The van der Waals surface area contributed by atoms with Gasteiger partial charge in [-0.25, -0.2) is 15.0 Å². The first kappa shape index (κ1) is 14.8. The fourth-order valence-electron chi connectivity index (χ4n) is 2.83. The standard InChI is InChI=1S/C16H22N6/c1-3-13-11(2)20-16(14-10-18-8-9-19-14)22-15(13)21-12-4-6-17-7-5-12/h8-10,12,17H,3-7H2,1-2H3,(H,20,21,22). The molecule has 3 heterocycles. The van der Waals surface area contributed by atoms with E-state index in [1.54, 1.807) is 18.6 Å². The molecule has 0 unspecified atom stereocenters. The normalized spacial score (nSPS) is 15.7. The van der Waals surface area contributed by atoms with Crippen LogP contribution in [-0.2, 0) is 6.42 Å². The second-order valence-electron chi connectivity index (χ2n) is 5.57. The molecule has 6 heteroatoms. The molecule has 0 aliphatic carbocycles. The molecule has 0 amide bonds. The maximum absolute atomic E-state index is 4.72. The van der Waals surface area contributed by atoms with E-state index in [0.717, 1.165) is 43.9 Å².